The highest BCUT2D eigenvalue weighted by Crippen LogP contribution is 2.29. The quantitative estimate of drug-likeness (QED) is 0.896. The SMILES string of the molecule is COc1ccc2c(c1)OCC(NC(=O)NC1CCSCC1)C2. The van der Waals surface area contributed by atoms with Crippen molar-refractivity contribution in [3.63, 3.8) is 0 Å². The van der Waals surface area contributed by atoms with Crippen LogP contribution >= 0.6 is 11.8 Å². The molecule has 2 N–H and O–H groups in total. The largest absolute Gasteiger partial charge is 0.497 e. The zero-order chi connectivity index (χ0) is 15.4. The van der Waals surface area contributed by atoms with Crippen molar-refractivity contribution in [3.8, 4) is 11.5 Å². The fourth-order valence-corrected chi connectivity index (χ4v) is 3.93. The molecule has 0 saturated carbocycles. The van der Waals surface area contributed by atoms with Crippen LogP contribution in [0.4, 0.5) is 4.79 Å². The van der Waals surface area contributed by atoms with Crippen LogP contribution in [0.3, 0.4) is 0 Å². The smallest absolute Gasteiger partial charge is 0.315 e. The number of benzene rings is 1. The van der Waals surface area contributed by atoms with Gasteiger partial charge in [-0.1, -0.05) is 6.07 Å². The summed E-state index contributed by atoms with van der Waals surface area (Å²) in [7, 11) is 1.64. The van der Waals surface area contributed by atoms with E-state index < -0.39 is 0 Å². The third-order valence-electron chi connectivity index (χ3n) is 4.07. The number of hydrogen-bond donors (Lipinski definition) is 2. The predicted molar refractivity (Wildman–Crippen MR) is 88.0 cm³/mol. The van der Waals surface area contributed by atoms with E-state index in [-0.39, 0.29) is 12.1 Å². The fraction of sp³-hybridized carbons (Fsp3) is 0.562. The Morgan fingerprint density at radius 1 is 1.27 bits per heavy atom. The van der Waals surface area contributed by atoms with Crippen LogP contribution < -0.4 is 20.1 Å². The molecule has 2 aliphatic heterocycles. The molecule has 6 heteroatoms. The van der Waals surface area contributed by atoms with E-state index in [9.17, 15) is 4.79 Å². The average Bonchev–Trinajstić information content (AvgIpc) is 2.55. The van der Waals surface area contributed by atoms with Crippen molar-refractivity contribution in [2.24, 2.45) is 0 Å². The van der Waals surface area contributed by atoms with Crippen LogP contribution in [0.5, 0.6) is 11.5 Å². The van der Waals surface area contributed by atoms with Gasteiger partial charge in [0.2, 0.25) is 0 Å². The highest BCUT2D eigenvalue weighted by atomic mass is 32.2. The number of carbonyl (C=O) groups excluding carboxylic acids is 1. The normalized spacial score (nSPS) is 21.4. The number of urea groups is 1. The Balaban J connectivity index is 1.52. The summed E-state index contributed by atoms with van der Waals surface area (Å²) in [5.74, 6) is 3.90. The molecule has 2 amide bonds. The van der Waals surface area contributed by atoms with Gasteiger partial charge in [0.15, 0.2) is 0 Å². The van der Waals surface area contributed by atoms with Gasteiger partial charge in [-0.15, -0.1) is 0 Å². The molecule has 0 bridgehead atoms. The first-order valence-electron chi connectivity index (χ1n) is 7.69. The summed E-state index contributed by atoms with van der Waals surface area (Å²) in [6.07, 6.45) is 2.90. The number of fused-ring (bicyclic) bond motifs is 1. The number of rotatable bonds is 3. The number of ether oxygens (including phenoxy) is 2. The highest BCUT2D eigenvalue weighted by molar-refractivity contribution is 7.99. The van der Waals surface area contributed by atoms with Crippen molar-refractivity contribution in [2.45, 2.75) is 31.3 Å². The Bertz CT molecular complexity index is 532. The van der Waals surface area contributed by atoms with E-state index in [4.69, 9.17) is 9.47 Å². The number of carbonyl (C=O) groups is 1. The van der Waals surface area contributed by atoms with E-state index in [1.165, 1.54) is 0 Å². The first-order chi connectivity index (χ1) is 10.7. The summed E-state index contributed by atoms with van der Waals surface area (Å²) in [5, 5.41) is 6.09. The van der Waals surface area contributed by atoms with E-state index in [1.54, 1.807) is 7.11 Å². The molecular formula is C16H22N2O3S. The number of hydrogen-bond acceptors (Lipinski definition) is 4. The summed E-state index contributed by atoms with van der Waals surface area (Å²) in [6.45, 7) is 0.494. The van der Waals surface area contributed by atoms with Gasteiger partial charge >= 0.3 is 6.03 Å². The van der Waals surface area contributed by atoms with Crippen LogP contribution in [-0.2, 0) is 6.42 Å². The van der Waals surface area contributed by atoms with Crippen molar-refractivity contribution in [2.75, 3.05) is 25.2 Å². The second-order valence-corrected chi connectivity index (χ2v) is 6.91. The van der Waals surface area contributed by atoms with Crippen molar-refractivity contribution < 1.29 is 14.3 Å². The summed E-state index contributed by atoms with van der Waals surface area (Å²) in [4.78, 5) is 12.1. The highest BCUT2D eigenvalue weighted by Gasteiger charge is 2.23. The van der Waals surface area contributed by atoms with Crippen molar-refractivity contribution in [3.05, 3.63) is 23.8 Å². The number of methoxy groups -OCH3 is 1. The minimum absolute atomic E-state index is 0.0128. The minimum atomic E-state index is -0.0811. The Kier molecular flexibility index (Phi) is 4.97. The molecule has 0 radical (unpaired) electrons. The summed E-state index contributed by atoms with van der Waals surface area (Å²) in [5.41, 5.74) is 1.10. The molecule has 5 nitrogen and oxygen atoms in total. The molecule has 2 heterocycles. The lowest BCUT2D eigenvalue weighted by atomic mass is 10.0. The molecule has 1 unspecified atom stereocenters. The first-order valence-corrected chi connectivity index (χ1v) is 8.84. The zero-order valence-electron chi connectivity index (χ0n) is 12.8. The van der Waals surface area contributed by atoms with E-state index in [0.29, 0.717) is 12.6 Å². The predicted octanol–water partition coefficient (Wildman–Crippen LogP) is 2.19. The molecule has 1 aromatic rings. The lowest BCUT2D eigenvalue weighted by molar-refractivity contribution is 0.211. The van der Waals surface area contributed by atoms with Gasteiger partial charge in [0, 0.05) is 12.1 Å². The van der Waals surface area contributed by atoms with Gasteiger partial charge in [-0.05, 0) is 42.4 Å². The minimum Gasteiger partial charge on any atom is -0.497 e. The topological polar surface area (TPSA) is 59.6 Å². The molecule has 22 heavy (non-hydrogen) atoms. The molecule has 1 fully saturated rings. The molecule has 1 aromatic carbocycles. The van der Waals surface area contributed by atoms with Crippen LogP contribution in [0, 0.1) is 0 Å². The Hall–Kier alpha value is -1.56. The first kappa shape index (κ1) is 15.3. The maximum absolute atomic E-state index is 12.1. The van der Waals surface area contributed by atoms with E-state index in [0.717, 1.165) is 47.8 Å². The summed E-state index contributed by atoms with van der Waals surface area (Å²) < 4.78 is 10.9. The Morgan fingerprint density at radius 3 is 2.82 bits per heavy atom. The molecule has 0 aromatic heterocycles. The van der Waals surface area contributed by atoms with Crippen LogP contribution in [0.1, 0.15) is 18.4 Å². The standard InChI is InChI=1S/C16H22N2O3S/c1-20-14-3-2-11-8-13(10-21-15(11)9-14)18-16(19)17-12-4-6-22-7-5-12/h2-3,9,12-13H,4-8,10H2,1H3,(H2,17,18,19). The number of nitrogens with one attached hydrogen (secondary N) is 2. The molecular weight excluding hydrogens is 300 g/mol. The second-order valence-electron chi connectivity index (χ2n) is 5.69. The van der Waals surface area contributed by atoms with E-state index in [1.807, 2.05) is 30.0 Å². The molecule has 120 valence electrons. The average molecular weight is 322 g/mol. The van der Waals surface area contributed by atoms with Crippen LogP contribution in [-0.4, -0.2) is 43.3 Å². The summed E-state index contributed by atoms with van der Waals surface area (Å²) >= 11 is 1.95. The molecule has 0 spiro atoms. The van der Waals surface area contributed by atoms with Crippen molar-refractivity contribution in [1.82, 2.24) is 10.6 Å². The zero-order valence-corrected chi connectivity index (χ0v) is 13.6. The third kappa shape index (κ3) is 3.80. The molecule has 1 atom stereocenters. The van der Waals surface area contributed by atoms with E-state index >= 15 is 0 Å². The lowest BCUT2D eigenvalue weighted by Crippen LogP contribution is -2.50. The van der Waals surface area contributed by atoms with Crippen LogP contribution in [0.25, 0.3) is 0 Å². The maximum Gasteiger partial charge on any atom is 0.315 e. The number of thioether (sulfide) groups is 1. The van der Waals surface area contributed by atoms with Gasteiger partial charge in [-0.3, -0.25) is 0 Å². The van der Waals surface area contributed by atoms with Gasteiger partial charge in [-0.2, -0.15) is 11.8 Å². The Labute approximate surface area is 135 Å². The van der Waals surface area contributed by atoms with Gasteiger partial charge < -0.3 is 20.1 Å². The second kappa shape index (κ2) is 7.13. The van der Waals surface area contributed by atoms with Crippen LogP contribution in [0.15, 0.2) is 18.2 Å². The molecule has 2 aliphatic rings. The lowest BCUT2D eigenvalue weighted by Gasteiger charge is -2.28. The molecule has 3 rings (SSSR count). The van der Waals surface area contributed by atoms with Gasteiger partial charge in [0.1, 0.15) is 18.1 Å². The summed E-state index contributed by atoms with van der Waals surface area (Å²) in [6, 6.07) is 6.05. The molecule has 0 aliphatic carbocycles. The fourth-order valence-electron chi connectivity index (χ4n) is 2.83. The van der Waals surface area contributed by atoms with E-state index in [2.05, 4.69) is 10.6 Å². The van der Waals surface area contributed by atoms with Crippen molar-refractivity contribution >= 4 is 17.8 Å². The van der Waals surface area contributed by atoms with Gasteiger partial charge in [0.05, 0.1) is 13.2 Å². The van der Waals surface area contributed by atoms with Crippen LogP contribution in [0.2, 0.25) is 0 Å². The van der Waals surface area contributed by atoms with Crippen molar-refractivity contribution in [1.29, 1.82) is 0 Å². The Morgan fingerprint density at radius 2 is 2.05 bits per heavy atom. The van der Waals surface area contributed by atoms with Gasteiger partial charge in [-0.25, -0.2) is 4.79 Å². The molecule has 1 saturated heterocycles. The third-order valence-corrected chi connectivity index (χ3v) is 5.12. The monoisotopic (exact) mass is 322 g/mol. The maximum atomic E-state index is 12.1. The number of amides is 2. The van der Waals surface area contributed by atoms with Gasteiger partial charge in [0.25, 0.3) is 0 Å².